The first-order chi connectivity index (χ1) is 5.88. The average Bonchev–Trinajstić information content (AvgIpc) is 2.09. The zero-order valence-electron chi connectivity index (χ0n) is 7.55. The van der Waals surface area contributed by atoms with Crippen molar-refractivity contribution in [3.63, 3.8) is 0 Å². The Morgan fingerprint density at radius 3 is 1.58 bits per heavy atom. The number of hydrogen-bond acceptors (Lipinski definition) is 0. The predicted molar refractivity (Wildman–Crippen MR) is 55.0 cm³/mol. The van der Waals surface area contributed by atoms with Gasteiger partial charge in [-0.05, 0) is 36.8 Å². The molecule has 1 aliphatic rings. The second-order valence-electron chi connectivity index (χ2n) is 3.06. The van der Waals surface area contributed by atoms with E-state index in [1.54, 1.807) is 0 Å². The minimum absolute atomic E-state index is 1.20. The lowest BCUT2D eigenvalue weighted by Crippen LogP contribution is -1.97. The molecule has 1 saturated carbocycles. The molecule has 0 aliphatic heterocycles. The van der Waals surface area contributed by atoms with E-state index in [1.807, 2.05) is 12.2 Å². The summed E-state index contributed by atoms with van der Waals surface area (Å²) in [6.45, 7) is 7.44. The maximum atomic E-state index is 3.72. The van der Waals surface area contributed by atoms with Crippen LogP contribution in [-0.2, 0) is 0 Å². The van der Waals surface area contributed by atoms with Gasteiger partial charge in [-0.1, -0.05) is 37.5 Å². The summed E-state index contributed by atoms with van der Waals surface area (Å²) >= 11 is 0. The van der Waals surface area contributed by atoms with Gasteiger partial charge in [-0.2, -0.15) is 0 Å². The van der Waals surface area contributed by atoms with E-state index in [0.717, 1.165) is 0 Å². The van der Waals surface area contributed by atoms with E-state index in [0.29, 0.717) is 0 Å². The molecular weight excluding hydrogens is 144 g/mol. The standard InChI is InChI=1S/C12H16/c1-3-7-11-9-5-6-10-12(11)8-4-2/h3-4,7-8H,1-2,5-6,9-10H2/b11-7-,12-8-. The van der Waals surface area contributed by atoms with Crippen LogP contribution >= 0.6 is 0 Å². The molecule has 0 atom stereocenters. The summed E-state index contributed by atoms with van der Waals surface area (Å²) < 4.78 is 0. The van der Waals surface area contributed by atoms with E-state index in [9.17, 15) is 0 Å². The molecule has 0 amide bonds. The largest absolute Gasteiger partial charge is 0.0991 e. The van der Waals surface area contributed by atoms with Gasteiger partial charge in [0, 0.05) is 0 Å². The molecule has 1 rings (SSSR count). The molecule has 0 aromatic carbocycles. The van der Waals surface area contributed by atoms with E-state index in [4.69, 9.17) is 0 Å². The highest BCUT2D eigenvalue weighted by atomic mass is 14.1. The van der Waals surface area contributed by atoms with Crippen LogP contribution < -0.4 is 0 Å². The minimum atomic E-state index is 1.20. The van der Waals surface area contributed by atoms with Crippen LogP contribution in [0.3, 0.4) is 0 Å². The molecule has 0 aromatic heterocycles. The van der Waals surface area contributed by atoms with Crippen LogP contribution in [0.4, 0.5) is 0 Å². The maximum absolute atomic E-state index is 3.72. The fraction of sp³-hybridized carbons (Fsp3) is 0.333. The van der Waals surface area contributed by atoms with Gasteiger partial charge in [-0.3, -0.25) is 0 Å². The van der Waals surface area contributed by atoms with Gasteiger partial charge in [0.1, 0.15) is 0 Å². The van der Waals surface area contributed by atoms with Gasteiger partial charge in [0.15, 0.2) is 0 Å². The summed E-state index contributed by atoms with van der Waals surface area (Å²) in [6, 6.07) is 0. The monoisotopic (exact) mass is 160 g/mol. The number of rotatable bonds is 2. The quantitative estimate of drug-likeness (QED) is 0.576. The lowest BCUT2D eigenvalue weighted by molar-refractivity contribution is 0.679. The first-order valence-corrected chi connectivity index (χ1v) is 4.52. The summed E-state index contributed by atoms with van der Waals surface area (Å²) in [5.41, 5.74) is 2.88. The fourth-order valence-electron chi connectivity index (χ4n) is 1.62. The molecule has 0 radical (unpaired) electrons. The van der Waals surface area contributed by atoms with Crippen molar-refractivity contribution in [1.82, 2.24) is 0 Å². The first kappa shape index (κ1) is 9.05. The normalized spacial score (nSPS) is 24.3. The Bertz CT molecular complexity index is 202. The summed E-state index contributed by atoms with van der Waals surface area (Å²) in [4.78, 5) is 0. The van der Waals surface area contributed by atoms with Gasteiger partial charge in [0.25, 0.3) is 0 Å². The Kier molecular flexibility index (Phi) is 3.59. The Morgan fingerprint density at radius 1 is 0.833 bits per heavy atom. The zero-order valence-corrected chi connectivity index (χ0v) is 7.55. The smallest absolute Gasteiger partial charge is 0.0276 e. The van der Waals surface area contributed by atoms with E-state index in [-0.39, 0.29) is 0 Å². The fourth-order valence-corrected chi connectivity index (χ4v) is 1.62. The Morgan fingerprint density at radius 2 is 1.25 bits per heavy atom. The molecule has 0 N–H and O–H groups in total. The zero-order chi connectivity index (χ0) is 8.81. The van der Waals surface area contributed by atoms with Crippen LogP contribution in [0.1, 0.15) is 25.7 Å². The molecule has 0 bridgehead atoms. The van der Waals surface area contributed by atoms with Gasteiger partial charge in [0.2, 0.25) is 0 Å². The maximum Gasteiger partial charge on any atom is -0.0276 e. The minimum Gasteiger partial charge on any atom is -0.0991 e. The van der Waals surface area contributed by atoms with Crippen LogP contribution in [0.2, 0.25) is 0 Å². The third kappa shape index (κ3) is 2.23. The van der Waals surface area contributed by atoms with Crippen molar-refractivity contribution in [3.8, 4) is 0 Å². The lowest BCUT2D eigenvalue weighted by Gasteiger charge is -2.17. The van der Waals surface area contributed by atoms with Crippen molar-refractivity contribution in [2.24, 2.45) is 0 Å². The van der Waals surface area contributed by atoms with Gasteiger partial charge >= 0.3 is 0 Å². The molecule has 0 spiro atoms. The summed E-state index contributed by atoms with van der Waals surface area (Å²) in [7, 11) is 0. The molecule has 0 aromatic rings. The van der Waals surface area contributed by atoms with E-state index < -0.39 is 0 Å². The molecule has 1 fully saturated rings. The molecule has 0 heteroatoms. The van der Waals surface area contributed by atoms with Gasteiger partial charge in [-0.25, -0.2) is 0 Å². The molecular formula is C12H16. The van der Waals surface area contributed by atoms with Crippen LogP contribution in [0.15, 0.2) is 48.6 Å². The summed E-state index contributed by atoms with van der Waals surface area (Å²) in [6.07, 6.45) is 13.0. The number of hydrogen-bond donors (Lipinski definition) is 0. The number of allylic oxidation sites excluding steroid dienone is 6. The van der Waals surface area contributed by atoms with Gasteiger partial charge < -0.3 is 0 Å². The van der Waals surface area contributed by atoms with Crippen LogP contribution in [0.25, 0.3) is 0 Å². The van der Waals surface area contributed by atoms with Crippen molar-refractivity contribution >= 4 is 0 Å². The van der Waals surface area contributed by atoms with Crippen molar-refractivity contribution in [3.05, 3.63) is 48.6 Å². The Labute approximate surface area is 75.0 Å². The molecule has 0 saturated heterocycles. The second kappa shape index (κ2) is 4.76. The second-order valence-corrected chi connectivity index (χ2v) is 3.06. The van der Waals surface area contributed by atoms with Crippen molar-refractivity contribution in [1.29, 1.82) is 0 Å². The highest BCUT2D eigenvalue weighted by molar-refractivity contribution is 5.36. The lowest BCUT2D eigenvalue weighted by atomic mass is 9.89. The summed E-state index contributed by atoms with van der Waals surface area (Å²) in [5, 5.41) is 0. The highest BCUT2D eigenvalue weighted by Gasteiger charge is 2.09. The molecule has 1 aliphatic carbocycles. The summed E-state index contributed by atoms with van der Waals surface area (Å²) in [5.74, 6) is 0. The predicted octanol–water partition coefficient (Wildman–Crippen LogP) is 3.79. The van der Waals surface area contributed by atoms with Crippen molar-refractivity contribution < 1.29 is 0 Å². The van der Waals surface area contributed by atoms with Crippen molar-refractivity contribution in [2.45, 2.75) is 25.7 Å². The third-order valence-electron chi connectivity index (χ3n) is 2.19. The van der Waals surface area contributed by atoms with E-state index in [1.165, 1.54) is 36.8 Å². The Hall–Kier alpha value is -1.04. The van der Waals surface area contributed by atoms with Crippen LogP contribution in [0, 0.1) is 0 Å². The van der Waals surface area contributed by atoms with Crippen LogP contribution in [0.5, 0.6) is 0 Å². The molecule has 64 valence electrons. The first-order valence-electron chi connectivity index (χ1n) is 4.52. The van der Waals surface area contributed by atoms with Crippen LogP contribution in [-0.4, -0.2) is 0 Å². The molecule has 0 unspecified atom stereocenters. The van der Waals surface area contributed by atoms with E-state index >= 15 is 0 Å². The molecule has 0 heterocycles. The molecule has 0 nitrogen and oxygen atoms in total. The highest BCUT2D eigenvalue weighted by Crippen LogP contribution is 2.28. The topological polar surface area (TPSA) is 0 Å². The van der Waals surface area contributed by atoms with Crippen molar-refractivity contribution in [2.75, 3.05) is 0 Å². The SMILES string of the molecule is C=C/C=C1/CCCC/C1=C/C=C. The molecule has 12 heavy (non-hydrogen) atoms. The van der Waals surface area contributed by atoms with Gasteiger partial charge in [-0.15, -0.1) is 0 Å². The third-order valence-corrected chi connectivity index (χ3v) is 2.19. The average molecular weight is 160 g/mol. The van der Waals surface area contributed by atoms with Gasteiger partial charge in [0.05, 0.1) is 0 Å². The Balaban J connectivity index is 2.80. The van der Waals surface area contributed by atoms with E-state index in [2.05, 4.69) is 25.3 Å².